The van der Waals surface area contributed by atoms with Gasteiger partial charge in [-0.1, -0.05) is 74.3 Å². The number of aliphatic hydroxyl groups is 1. The Bertz CT molecular complexity index is 618. The second-order valence-electron chi connectivity index (χ2n) is 5.94. The molecule has 0 radical (unpaired) electrons. The lowest BCUT2D eigenvalue weighted by Gasteiger charge is -2.24. The SMILES string of the molecule is CCC(C)(C)c1ccc(C(O)c2ccc(Cl)c(Cl)c2)cc1. The summed E-state index contributed by atoms with van der Waals surface area (Å²) in [4.78, 5) is 0. The molecular formula is C18H20Cl2O. The molecule has 0 aromatic heterocycles. The summed E-state index contributed by atoms with van der Waals surface area (Å²) in [5, 5.41) is 11.4. The Hall–Kier alpha value is -1.02. The van der Waals surface area contributed by atoms with E-state index in [4.69, 9.17) is 23.2 Å². The zero-order valence-corrected chi connectivity index (χ0v) is 14.0. The van der Waals surface area contributed by atoms with Crippen LogP contribution in [0, 0.1) is 0 Å². The number of halogens is 2. The van der Waals surface area contributed by atoms with Gasteiger partial charge in [-0.25, -0.2) is 0 Å². The Balaban J connectivity index is 2.27. The quantitative estimate of drug-likeness (QED) is 0.758. The first-order valence-corrected chi connectivity index (χ1v) is 7.84. The van der Waals surface area contributed by atoms with Crippen LogP contribution >= 0.6 is 23.2 Å². The number of aliphatic hydroxyl groups excluding tert-OH is 1. The van der Waals surface area contributed by atoms with Crippen molar-refractivity contribution in [3.8, 4) is 0 Å². The summed E-state index contributed by atoms with van der Waals surface area (Å²) in [6, 6.07) is 13.3. The number of rotatable bonds is 4. The van der Waals surface area contributed by atoms with Gasteiger partial charge in [-0.2, -0.15) is 0 Å². The summed E-state index contributed by atoms with van der Waals surface area (Å²) in [5.41, 5.74) is 3.01. The van der Waals surface area contributed by atoms with Crippen molar-refractivity contribution < 1.29 is 5.11 Å². The van der Waals surface area contributed by atoms with Gasteiger partial charge < -0.3 is 5.11 Å². The average Bonchev–Trinajstić information content (AvgIpc) is 2.49. The van der Waals surface area contributed by atoms with E-state index in [1.54, 1.807) is 18.2 Å². The molecular weight excluding hydrogens is 303 g/mol. The summed E-state index contributed by atoms with van der Waals surface area (Å²) in [6.07, 6.45) is 0.375. The highest BCUT2D eigenvalue weighted by Gasteiger charge is 2.19. The lowest BCUT2D eigenvalue weighted by atomic mass is 9.82. The van der Waals surface area contributed by atoms with Crippen molar-refractivity contribution in [3.05, 3.63) is 69.2 Å². The van der Waals surface area contributed by atoms with E-state index in [-0.39, 0.29) is 5.41 Å². The van der Waals surface area contributed by atoms with Gasteiger partial charge in [0, 0.05) is 0 Å². The number of benzene rings is 2. The molecule has 0 aliphatic carbocycles. The van der Waals surface area contributed by atoms with Gasteiger partial charge in [0.25, 0.3) is 0 Å². The van der Waals surface area contributed by atoms with Crippen LogP contribution in [0.4, 0.5) is 0 Å². The second kappa shape index (κ2) is 6.39. The zero-order chi connectivity index (χ0) is 15.6. The van der Waals surface area contributed by atoms with Crippen LogP contribution in [0.1, 0.15) is 50.0 Å². The molecule has 2 rings (SSSR count). The van der Waals surface area contributed by atoms with Crippen molar-refractivity contribution in [1.82, 2.24) is 0 Å². The molecule has 1 unspecified atom stereocenters. The smallest absolute Gasteiger partial charge is 0.104 e. The van der Waals surface area contributed by atoms with Crippen molar-refractivity contribution in [3.63, 3.8) is 0 Å². The molecule has 0 heterocycles. The third-order valence-electron chi connectivity index (χ3n) is 4.15. The summed E-state index contributed by atoms with van der Waals surface area (Å²) < 4.78 is 0. The largest absolute Gasteiger partial charge is 0.384 e. The van der Waals surface area contributed by atoms with E-state index in [9.17, 15) is 5.11 Å². The Kier molecular flexibility index (Phi) is 4.98. The van der Waals surface area contributed by atoms with Crippen molar-refractivity contribution in [2.75, 3.05) is 0 Å². The fraction of sp³-hybridized carbons (Fsp3) is 0.333. The van der Waals surface area contributed by atoms with Crippen LogP contribution in [0.2, 0.25) is 10.0 Å². The van der Waals surface area contributed by atoms with Crippen molar-refractivity contribution >= 4 is 23.2 Å². The average molecular weight is 323 g/mol. The molecule has 2 aromatic rings. The molecule has 3 heteroatoms. The standard InChI is InChI=1S/C18H20Cl2O/c1-4-18(2,3)14-8-5-12(6-9-14)17(21)13-7-10-15(19)16(20)11-13/h5-11,17,21H,4H2,1-3H3. The molecule has 0 amide bonds. The number of hydrogen-bond donors (Lipinski definition) is 1. The minimum atomic E-state index is -0.696. The topological polar surface area (TPSA) is 20.2 Å². The van der Waals surface area contributed by atoms with E-state index in [1.807, 2.05) is 12.1 Å². The van der Waals surface area contributed by atoms with Crippen molar-refractivity contribution in [1.29, 1.82) is 0 Å². The van der Waals surface area contributed by atoms with Crippen LogP contribution in [0.15, 0.2) is 42.5 Å². The Morgan fingerprint density at radius 1 is 0.952 bits per heavy atom. The Morgan fingerprint density at radius 3 is 2.05 bits per heavy atom. The van der Waals surface area contributed by atoms with E-state index in [1.165, 1.54) is 5.56 Å². The molecule has 2 aromatic carbocycles. The molecule has 0 bridgehead atoms. The molecule has 112 valence electrons. The molecule has 0 spiro atoms. The minimum Gasteiger partial charge on any atom is -0.384 e. The van der Waals surface area contributed by atoms with Gasteiger partial charge in [0.2, 0.25) is 0 Å². The predicted molar refractivity (Wildman–Crippen MR) is 90.3 cm³/mol. The van der Waals surface area contributed by atoms with Crippen LogP contribution in [-0.2, 0) is 5.41 Å². The fourth-order valence-electron chi connectivity index (χ4n) is 2.20. The van der Waals surface area contributed by atoms with E-state index >= 15 is 0 Å². The molecule has 0 aliphatic rings. The van der Waals surface area contributed by atoms with E-state index < -0.39 is 6.10 Å². The van der Waals surface area contributed by atoms with Gasteiger partial charge in [0.15, 0.2) is 0 Å². The molecule has 1 atom stereocenters. The molecule has 0 saturated carbocycles. The zero-order valence-electron chi connectivity index (χ0n) is 12.5. The van der Waals surface area contributed by atoms with Crippen molar-refractivity contribution in [2.24, 2.45) is 0 Å². The lowest BCUT2D eigenvalue weighted by Crippen LogP contribution is -2.15. The third-order valence-corrected chi connectivity index (χ3v) is 4.89. The van der Waals surface area contributed by atoms with Gasteiger partial charge >= 0.3 is 0 Å². The van der Waals surface area contributed by atoms with Gasteiger partial charge in [0.05, 0.1) is 10.0 Å². The maximum absolute atomic E-state index is 10.5. The summed E-state index contributed by atoms with van der Waals surface area (Å²) in [6.45, 7) is 6.62. The van der Waals surface area contributed by atoms with Crippen LogP contribution in [-0.4, -0.2) is 5.11 Å². The first-order chi connectivity index (χ1) is 9.85. The first kappa shape index (κ1) is 16.4. The van der Waals surface area contributed by atoms with Crippen molar-refractivity contribution in [2.45, 2.75) is 38.7 Å². The van der Waals surface area contributed by atoms with Crippen LogP contribution in [0.3, 0.4) is 0 Å². The normalized spacial score (nSPS) is 13.2. The summed E-state index contributed by atoms with van der Waals surface area (Å²) in [5.74, 6) is 0. The number of hydrogen-bond acceptors (Lipinski definition) is 1. The highest BCUT2D eigenvalue weighted by atomic mass is 35.5. The predicted octanol–water partition coefficient (Wildman–Crippen LogP) is 5.76. The molecule has 0 fully saturated rings. The molecule has 0 aliphatic heterocycles. The fourth-order valence-corrected chi connectivity index (χ4v) is 2.50. The van der Waals surface area contributed by atoms with Gasteiger partial charge in [-0.3, -0.25) is 0 Å². The van der Waals surface area contributed by atoms with Gasteiger partial charge in [-0.05, 0) is 40.7 Å². The molecule has 1 nitrogen and oxygen atoms in total. The molecule has 21 heavy (non-hydrogen) atoms. The highest BCUT2D eigenvalue weighted by molar-refractivity contribution is 6.42. The lowest BCUT2D eigenvalue weighted by molar-refractivity contribution is 0.220. The maximum atomic E-state index is 10.5. The molecule has 1 N–H and O–H groups in total. The second-order valence-corrected chi connectivity index (χ2v) is 6.75. The van der Waals surface area contributed by atoms with E-state index in [0.29, 0.717) is 10.0 Å². The van der Waals surface area contributed by atoms with E-state index in [0.717, 1.165) is 17.5 Å². The summed E-state index contributed by atoms with van der Waals surface area (Å²) in [7, 11) is 0. The Labute approximate surface area is 136 Å². The molecule has 0 saturated heterocycles. The monoisotopic (exact) mass is 322 g/mol. The van der Waals surface area contributed by atoms with E-state index in [2.05, 4.69) is 32.9 Å². The summed E-state index contributed by atoms with van der Waals surface area (Å²) >= 11 is 11.9. The van der Waals surface area contributed by atoms with Gasteiger partial charge in [-0.15, -0.1) is 0 Å². The van der Waals surface area contributed by atoms with Gasteiger partial charge in [0.1, 0.15) is 6.10 Å². The first-order valence-electron chi connectivity index (χ1n) is 7.08. The highest BCUT2D eigenvalue weighted by Crippen LogP contribution is 2.31. The van der Waals surface area contributed by atoms with Crippen LogP contribution in [0.5, 0.6) is 0 Å². The minimum absolute atomic E-state index is 0.146. The maximum Gasteiger partial charge on any atom is 0.104 e. The Morgan fingerprint density at radius 2 is 1.52 bits per heavy atom. The van der Waals surface area contributed by atoms with Crippen LogP contribution in [0.25, 0.3) is 0 Å². The van der Waals surface area contributed by atoms with Crippen LogP contribution < -0.4 is 0 Å². The third kappa shape index (κ3) is 3.60.